The first kappa shape index (κ1) is 19.7. The summed E-state index contributed by atoms with van der Waals surface area (Å²) in [7, 11) is 0. The van der Waals surface area contributed by atoms with Crippen LogP contribution in [0.5, 0.6) is 0 Å². The van der Waals surface area contributed by atoms with Gasteiger partial charge in [-0.2, -0.15) is 5.26 Å². The maximum absolute atomic E-state index is 13.0. The number of carbonyl (C=O) groups is 2. The van der Waals surface area contributed by atoms with Gasteiger partial charge in [-0.3, -0.25) is 9.69 Å². The van der Waals surface area contributed by atoms with E-state index in [0.717, 1.165) is 10.8 Å². The highest BCUT2D eigenvalue weighted by Gasteiger charge is 2.40. The molecule has 1 saturated heterocycles. The number of likely N-dealkylation sites (tertiary alicyclic amines) is 1. The zero-order valence-corrected chi connectivity index (χ0v) is 16.7. The molecule has 0 bridgehead atoms. The van der Waals surface area contributed by atoms with E-state index >= 15 is 0 Å². The quantitative estimate of drug-likeness (QED) is 0.843. The van der Waals surface area contributed by atoms with Gasteiger partial charge < -0.3 is 10.1 Å². The van der Waals surface area contributed by atoms with Gasteiger partial charge in [-0.25, -0.2) is 4.79 Å². The van der Waals surface area contributed by atoms with Gasteiger partial charge in [-0.05, 0) is 45.2 Å². The molecule has 1 N–H and O–H groups in total. The number of hydrogen-bond donors (Lipinski definition) is 1. The maximum atomic E-state index is 13.0. The second kappa shape index (κ2) is 7.51. The minimum Gasteiger partial charge on any atom is -0.444 e. The Balaban J connectivity index is 1.85. The molecule has 0 spiro atoms. The number of benzene rings is 2. The number of hydrogen-bond acceptors (Lipinski definition) is 4. The van der Waals surface area contributed by atoms with E-state index in [9.17, 15) is 14.9 Å². The number of rotatable bonds is 2. The van der Waals surface area contributed by atoms with Crippen molar-refractivity contribution in [3.05, 3.63) is 42.0 Å². The Morgan fingerprint density at radius 3 is 2.50 bits per heavy atom. The Labute approximate surface area is 165 Å². The van der Waals surface area contributed by atoms with E-state index in [2.05, 4.69) is 11.4 Å². The van der Waals surface area contributed by atoms with E-state index in [4.69, 9.17) is 4.74 Å². The molecular weight excluding hydrogens is 354 g/mol. The van der Waals surface area contributed by atoms with Crippen LogP contribution in [0, 0.1) is 17.2 Å². The molecule has 1 aliphatic rings. The molecule has 0 radical (unpaired) electrons. The van der Waals surface area contributed by atoms with Crippen LogP contribution in [-0.4, -0.2) is 35.1 Å². The molecule has 1 fully saturated rings. The predicted molar refractivity (Wildman–Crippen MR) is 108 cm³/mol. The first-order valence-corrected chi connectivity index (χ1v) is 9.42. The highest BCUT2D eigenvalue weighted by atomic mass is 16.6. The standard InChI is InChI=1S/C22H25N3O3/c1-14-11-19(25(13-14)21(27)28-22(2,3)4)20(26)24-18-10-9-15(12-23)16-7-5-6-8-17(16)18/h5-10,14,19H,11,13H2,1-4H3,(H,24,26)/t14-,19+/m1/s1. The van der Waals surface area contributed by atoms with E-state index in [-0.39, 0.29) is 11.8 Å². The van der Waals surface area contributed by atoms with Gasteiger partial charge in [0.25, 0.3) is 0 Å². The fraction of sp³-hybridized carbons (Fsp3) is 0.409. The lowest BCUT2D eigenvalue weighted by molar-refractivity contribution is -0.120. The maximum Gasteiger partial charge on any atom is 0.410 e. The first-order chi connectivity index (χ1) is 13.2. The number of ether oxygens (including phenoxy) is 1. The lowest BCUT2D eigenvalue weighted by Gasteiger charge is -2.28. The normalized spacial score (nSPS) is 19.3. The lowest BCUT2D eigenvalue weighted by atomic mass is 10.0. The van der Waals surface area contributed by atoms with Gasteiger partial charge in [-0.1, -0.05) is 31.2 Å². The summed E-state index contributed by atoms with van der Waals surface area (Å²) in [5, 5.41) is 13.8. The largest absolute Gasteiger partial charge is 0.444 e. The number of amides is 2. The molecule has 6 heteroatoms. The van der Waals surface area contributed by atoms with Gasteiger partial charge in [-0.15, -0.1) is 0 Å². The number of nitrogens with one attached hydrogen (secondary N) is 1. The molecule has 2 aromatic carbocycles. The first-order valence-electron chi connectivity index (χ1n) is 9.42. The van der Waals surface area contributed by atoms with Crippen LogP contribution in [0.1, 0.15) is 39.7 Å². The van der Waals surface area contributed by atoms with Crippen LogP contribution in [0.15, 0.2) is 36.4 Å². The fourth-order valence-corrected chi connectivity index (χ4v) is 3.54. The monoisotopic (exact) mass is 379 g/mol. The van der Waals surface area contributed by atoms with Crippen LogP contribution in [0.3, 0.4) is 0 Å². The van der Waals surface area contributed by atoms with E-state index < -0.39 is 17.7 Å². The van der Waals surface area contributed by atoms with E-state index in [1.54, 1.807) is 12.1 Å². The molecule has 0 saturated carbocycles. The zero-order valence-electron chi connectivity index (χ0n) is 16.7. The zero-order chi connectivity index (χ0) is 20.5. The molecule has 1 aliphatic heterocycles. The molecule has 28 heavy (non-hydrogen) atoms. The third-order valence-electron chi connectivity index (χ3n) is 4.74. The summed E-state index contributed by atoms with van der Waals surface area (Å²) < 4.78 is 5.47. The average molecular weight is 379 g/mol. The molecule has 0 aromatic heterocycles. The molecule has 0 aliphatic carbocycles. The van der Waals surface area contributed by atoms with Crippen molar-refractivity contribution in [2.45, 2.75) is 45.8 Å². The van der Waals surface area contributed by atoms with Gasteiger partial charge >= 0.3 is 6.09 Å². The van der Waals surface area contributed by atoms with Gasteiger partial charge in [0.1, 0.15) is 11.6 Å². The summed E-state index contributed by atoms with van der Waals surface area (Å²) in [5.41, 5.74) is 0.564. The molecule has 2 aromatic rings. The highest BCUT2D eigenvalue weighted by Crippen LogP contribution is 2.29. The van der Waals surface area contributed by atoms with Gasteiger partial charge in [0.05, 0.1) is 11.6 Å². The smallest absolute Gasteiger partial charge is 0.410 e. The number of fused-ring (bicyclic) bond motifs is 1. The van der Waals surface area contributed by atoms with Gasteiger partial charge in [0, 0.05) is 23.0 Å². The summed E-state index contributed by atoms with van der Waals surface area (Å²) in [6.45, 7) is 7.93. The Hall–Kier alpha value is -3.07. The minimum atomic E-state index is -0.618. The Morgan fingerprint density at radius 2 is 1.86 bits per heavy atom. The Bertz CT molecular complexity index is 956. The highest BCUT2D eigenvalue weighted by molar-refractivity contribution is 6.06. The van der Waals surface area contributed by atoms with Crippen LogP contribution in [0.2, 0.25) is 0 Å². The molecule has 146 valence electrons. The summed E-state index contributed by atoms with van der Waals surface area (Å²) in [4.78, 5) is 27.1. The molecular formula is C22H25N3O3. The van der Waals surface area contributed by atoms with Crippen molar-refractivity contribution in [3.8, 4) is 6.07 Å². The Morgan fingerprint density at radius 1 is 1.18 bits per heavy atom. The number of carbonyl (C=O) groups excluding carboxylic acids is 2. The molecule has 3 rings (SSSR count). The summed E-state index contributed by atoms with van der Waals surface area (Å²) in [5.74, 6) is -0.0361. The third kappa shape index (κ3) is 4.09. The van der Waals surface area contributed by atoms with Crippen molar-refractivity contribution in [1.82, 2.24) is 4.90 Å². The molecule has 2 atom stereocenters. The van der Waals surface area contributed by atoms with Gasteiger partial charge in [0.2, 0.25) is 5.91 Å². The van der Waals surface area contributed by atoms with Crippen LogP contribution in [-0.2, 0) is 9.53 Å². The minimum absolute atomic E-state index is 0.209. The average Bonchev–Trinajstić information content (AvgIpc) is 3.03. The van der Waals surface area contributed by atoms with Crippen molar-refractivity contribution in [3.63, 3.8) is 0 Å². The predicted octanol–water partition coefficient (Wildman–Crippen LogP) is 4.30. The van der Waals surface area contributed by atoms with Crippen LogP contribution in [0.4, 0.5) is 10.5 Å². The van der Waals surface area contributed by atoms with Crippen LogP contribution < -0.4 is 5.32 Å². The van der Waals surface area contributed by atoms with Crippen molar-refractivity contribution in [1.29, 1.82) is 5.26 Å². The van der Waals surface area contributed by atoms with Crippen molar-refractivity contribution in [2.24, 2.45) is 5.92 Å². The van der Waals surface area contributed by atoms with Gasteiger partial charge in [0.15, 0.2) is 0 Å². The van der Waals surface area contributed by atoms with Crippen molar-refractivity contribution < 1.29 is 14.3 Å². The fourth-order valence-electron chi connectivity index (χ4n) is 3.54. The summed E-state index contributed by atoms with van der Waals surface area (Å²) in [6.07, 6.45) is 0.112. The number of nitrogens with zero attached hydrogens (tertiary/aromatic N) is 2. The van der Waals surface area contributed by atoms with Crippen molar-refractivity contribution in [2.75, 3.05) is 11.9 Å². The summed E-state index contributed by atoms with van der Waals surface area (Å²) in [6, 6.07) is 12.5. The summed E-state index contributed by atoms with van der Waals surface area (Å²) >= 11 is 0. The number of anilines is 1. The van der Waals surface area contributed by atoms with E-state index in [0.29, 0.717) is 24.2 Å². The molecule has 0 unspecified atom stereocenters. The lowest BCUT2D eigenvalue weighted by Crippen LogP contribution is -2.45. The topological polar surface area (TPSA) is 82.4 Å². The third-order valence-corrected chi connectivity index (χ3v) is 4.74. The second-order valence-corrected chi connectivity index (χ2v) is 8.30. The van der Waals surface area contributed by atoms with E-state index in [1.165, 1.54) is 4.90 Å². The van der Waals surface area contributed by atoms with Crippen molar-refractivity contribution >= 4 is 28.5 Å². The van der Waals surface area contributed by atoms with Crippen LogP contribution in [0.25, 0.3) is 10.8 Å². The molecule has 1 heterocycles. The SMILES string of the molecule is C[C@@H]1C[C@@H](C(=O)Nc2ccc(C#N)c3ccccc23)N(C(=O)OC(C)(C)C)C1. The number of nitriles is 1. The second-order valence-electron chi connectivity index (χ2n) is 8.30. The van der Waals surface area contributed by atoms with E-state index in [1.807, 2.05) is 52.0 Å². The molecule has 6 nitrogen and oxygen atoms in total. The van der Waals surface area contributed by atoms with Crippen LogP contribution >= 0.6 is 0 Å². The Kier molecular flexibility index (Phi) is 5.28. The molecule has 2 amide bonds.